The SMILES string of the molecule is CCCNc1cccc(C(=O)N2CCCC2)c1[N+](=O)[O-]. The lowest BCUT2D eigenvalue weighted by atomic mass is 10.1. The molecule has 0 saturated carbocycles. The van der Waals surface area contributed by atoms with E-state index < -0.39 is 4.92 Å². The number of nitrogens with one attached hydrogen (secondary N) is 1. The molecule has 1 fully saturated rings. The summed E-state index contributed by atoms with van der Waals surface area (Å²) in [5.74, 6) is -0.241. The van der Waals surface area contributed by atoms with Crippen molar-refractivity contribution in [3.63, 3.8) is 0 Å². The fourth-order valence-electron chi connectivity index (χ4n) is 2.41. The summed E-state index contributed by atoms with van der Waals surface area (Å²) in [5, 5.41) is 14.3. The smallest absolute Gasteiger partial charge is 0.305 e. The highest BCUT2D eigenvalue weighted by Crippen LogP contribution is 2.30. The summed E-state index contributed by atoms with van der Waals surface area (Å²) in [6.07, 6.45) is 2.79. The van der Waals surface area contributed by atoms with Gasteiger partial charge in [0.25, 0.3) is 5.91 Å². The summed E-state index contributed by atoms with van der Waals surface area (Å²) in [7, 11) is 0. The van der Waals surface area contributed by atoms with Crippen molar-refractivity contribution in [3.05, 3.63) is 33.9 Å². The van der Waals surface area contributed by atoms with Crippen molar-refractivity contribution in [1.82, 2.24) is 4.90 Å². The van der Waals surface area contributed by atoms with Crippen LogP contribution in [-0.2, 0) is 0 Å². The van der Waals surface area contributed by atoms with Crippen LogP contribution in [0.15, 0.2) is 18.2 Å². The quantitative estimate of drug-likeness (QED) is 0.663. The molecule has 0 aromatic heterocycles. The lowest BCUT2D eigenvalue weighted by Gasteiger charge is -2.16. The molecule has 108 valence electrons. The van der Waals surface area contributed by atoms with Crippen molar-refractivity contribution in [3.8, 4) is 0 Å². The average molecular weight is 277 g/mol. The van der Waals surface area contributed by atoms with E-state index in [0.29, 0.717) is 25.3 Å². The van der Waals surface area contributed by atoms with E-state index in [2.05, 4.69) is 5.32 Å². The zero-order valence-electron chi connectivity index (χ0n) is 11.6. The van der Waals surface area contributed by atoms with Gasteiger partial charge in [-0.05, 0) is 31.4 Å². The Labute approximate surface area is 117 Å². The molecule has 6 nitrogen and oxygen atoms in total. The van der Waals surface area contributed by atoms with E-state index in [1.807, 2.05) is 6.92 Å². The van der Waals surface area contributed by atoms with E-state index in [-0.39, 0.29) is 17.2 Å². The standard InChI is InChI=1S/C14H19N3O3/c1-2-8-15-12-7-5-6-11(13(12)17(19)20)14(18)16-9-3-4-10-16/h5-7,15H,2-4,8-10H2,1H3. The van der Waals surface area contributed by atoms with Gasteiger partial charge in [0, 0.05) is 19.6 Å². The van der Waals surface area contributed by atoms with E-state index in [0.717, 1.165) is 19.3 Å². The van der Waals surface area contributed by atoms with Gasteiger partial charge in [0.05, 0.1) is 4.92 Å². The third-order valence-corrected chi connectivity index (χ3v) is 3.41. The van der Waals surface area contributed by atoms with Gasteiger partial charge < -0.3 is 10.2 Å². The second-order valence-corrected chi connectivity index (χ2v) is 4.88. The molecule has 2 rings (SSSR count). The Hall–Kier alpha value is -2.11. The second-order valence-electron chi connectivity index (χ2n) is 4.88. The van der Waals surface area contributed by atoms with Crippen LogP contribution in [0.2, 0.25) is 0 Å². The normalized spacial score (nSPS) is 14.3. The maximum absolute atomic E-state index is 12.4. The van der Waals surface area contributed by atoms with Crippen LogP contribution in [-0.4, -0.2) is 35.4 Å². The summed E-state index contributed by atoms with van der Waals surface area (Å²) < 4.78 is 0. The van der Waals surface area contributed by atoms with Crippen molar-refractivity contribution in [2.45, 2.75) is 26.2 Å². The maximum atomic E-state index is 12.4. The number of carbonyl (C=O) groups excluding carboxylic acids is 1. The number of likely N-dealkylation sites (tertiary alicyclic amines) is 1. The summed E-state index contributed by atoms with van der Waals surface area (Å²) in [5.41, 5.74) is 0.484. The number of benzene rings is 1. The lowest BCUT2D eigenvalue weighted by molar-refractivity contribution is -0.384. The Balaban J connectivity index is 2.35. The Kier molecular flexibility index (Phi) is 4.55. The molecule has 1 aromatic carbocycles. The van der Waals surface area contributed by atoms with E-state index in [1.54, 1.807) is 17.0 Å². The first-order valence-corrected chi connectivity index (χ1v) is 6.95. The number of anilines is 1. The number of carbonyl (C=O) groups is 1. The molecule has 1 aromatic rings. The topological polar surface area (TPSA) is 75.5 Å². The highest BCUT2D eigenvalue weighted by molar-refractivity contribution is 6.00. The molecule has 0 spiro atoms. The first-order chi connectivity index (χ1) is 9.65. The van der Waals surface area contributed by atoms with E-state index in [9.17, 15) is 14.9 Å². The van der Waals surface area contributed by atoms with Crippen molar-refractivity contribution in [1.29, 1.82) is 0 Å². The molecule has 0 unspecified atom stereocenters. The number of nitro benzene ring substituents is 1. The summed E-state index contributed by atoms with van der Waals surface area (Å²) >= 11 is 0. The monoisotopic (exact) mass is 277 g/mol. The van der Waals surface area contributed by atoms with Gasteiger partial charge in [0.2, 0.25) is 0 Å². The predicted molar refractivity (Wildman–Crippen MR) is 77.0 cm³/mol. The van der Waals surface area contributed by atoms with Gasteiger partial charge in [-0.2, -0.15) is 0 Å². The number of nitrogens with zero attached hydrogens (tertiary/aromatic N) is 2. The van der Waals surface area contributed by atoms with Gasteiger partial charge in [0.1, 0.15) is 11.3 Å². The molecule has 1 aliphatic rings. The second kappa shape index (κ2) is 6.36. The Morgan fingerprint density at radius 2 is 2.10 bits per heavy atom. The van der Waals surface area contributed by atoms with Crippen LogP contribution < -0.4 is 5.32 Å². The van der Waals surface area contributed by atoms with Crippen LogP contribution in [0.5, 0.6) is 0 Å². The molecule has 1 aliphatic heterocycles. The number of para-hydroxylation sites is 1. The minimum atomic E-state index is -0.471. The molecule has 1 amide bonds. The fraction of sp³-hybridized carbons (Fsp3) is 0.500. The van der Waals surface area contributed by atoms with Crippen LogP contribution in [0.1, 0.15) is 36.5 Å². The third kappa shape index (κ3) is 2.89. The van der Waals surface area contributed by atoms with Gasteiger partial charge in [-0.3, -0.25) is 14.9 Å². The van der Waals surface area contributed by atoms with Crippen molar-refractivity contribution < 1.29 is 9.72 Å². The number of rotatable bonds is 5. The summed E-state index contributed by atoms with van der Waals surface area (Å²) in [6.45, 7) is 3.99. The Morgan fingerprint density at radius 3 is 2.70 bits per heavy atom. The van der Waals surface area contributed by atoms with Crippen molar-refractivity contribution >= 4 is 17.3 Å². The molecular weight excluding hydrogens is 258 g/mol. The summed E-state index contributed by atoms with van der Waals surface area (Å²) in [4.78, 5) is 24.9. The molecule has 1 saturated heterocycles. The highest BCUT2D eigenvalue weighted by atomic mass is 16.6. The van der Waals surface area contributed by atoms with Gasteiger partial charge >= 0.3 is 5.69 Å². The first kappa shape index (κ1) is 14.3. The molecule has 1 heterocycles. The number of amides is 1. The maximum Gasteiger partial charge on any atom is 0.305 e. The van der Waals surface area contributed by atoms with Crippen molar-refractivity contribution in [2.75, 3.05) is 25.0 Å². The number of hydrogen-bond donors (Lipinski definition) is 1. The van der Waals surface area contributed by atoms with E-state index >= 15 is 0 Å². The highest BCUT2D eigenvalue weighted by Gasteiger charge is 2.28. The zero-order chi connectivity index (χ0) is 14.5. The van der Waals surface area contributed by atoms with Gasteiger partial charge in [-0.25, -0.2) is 0 Å². The molecule has 0 bridgehead atoms. The van der Waals surface area contributed by atoms with Crippen molar-refractivity contribution in [2.24, 2.45) is 0 Å². The van der Waals surface area contributed by atoms with Crippen LogP contribution >= 0.6 is 0 Å². The number of hydrogen-bond acceptors (Lipinski definition) is 4. The zero-order valence-corrected chi connectivity index (χ0v) is 11.6. The predicted octanol–water partition coefficient (Wildman–Crippen LogP) is 2.65. The minimum absolute atomic E-state index is 0.113. The Bertz CT molecular complexity index is 510. The lowest BCUT2D eigenvalue weighted by Crippen LogP contribution is -2.28. The molecule has 0 radical (unpaired) electrons. The largest absolute Gasteiger partial charge is 0.379 e. The molecule has 20 heavy (non-hydrogen) atoms. The van der Waals surface area contributed by atoms with Crippen LogP contribution in [0, 0.1) is 10.1 Å². The van der Waals surface area contributed by atoms with Crippen LogP contribution in [0.3, 0.4) is 0 Å². The molecular formula is C14H19N3O3. The molecule has 0 atom stereocenters. The molecule has 6 heteroatoms. The summed E-state index contributed by atoms with van der Waals surface area (Å²) in [6, 6.07) is 4.87. The fourth-order valence-corrected chi connectivity index (χ4v) is 2.41. The van der Waals surface area contributed by atoms with Crippen LogP contribution in [0.25, 0.3) is 0 Å². The average Bonchev–Trinajstić information content (AvgIpc) is 2.97. The van der Waals surface area contributed by atoms with Crippen LogP contribution in [0.4, 0.5) is 11.4 Å². The first-order valence-electron chi connectivity index (χ1n) is 6.95. The molecule has 1 N–H and O–H groups in total. The number of nitro groups is 1. The Morgan fingerprint density at radius 1 is 1.40 bits per heavy atom. The minimum Gasteiger partial charge on any atom is -0.379 e. The van der Waals surface area contributed by atoms with E-state index in [1.165, 1.54) is 6.07 Å². The third-order valence-electron chi connectivity index (χ3n) is 3.41. The van der Waals surface area contributed by atoms with Gasteiger partial charge in [0.15, 0.2) is 0 Å². The van der Waals surface area contributed by atoms with Gasteiger partial charge in [-0.1, -0.05) is 13.0 Å². The van der Waals surface area contributed by atoms with Gasteiger partial charge in [-0.15, -0.1) is 0 Å². The van der Waals surface area contributed by atoms with E-state index in [4.69, 9.17) is 0 Å². The molecule has 0 aliphatic carbocycles.